The van der Waals surface area contributed by atoms with Crippen molar-refractivity contribution in [1.82, 2.24) is 4.90 Å². The van der Waals surface area contributed by atoms with Gasteiger partial charge in [-0.2, -0.15) is 0 Å². The second kappa shape index (κ2) is 5.83. The van der Waals surface area contributed by atoms with Crippen molar-refractivity contribution in [2.75, 3.05) is 5.75 Å². The molecule has 1 aliphatic heterocycles. The minimum absolute atomic E-state index is 0.0216. The molecule has 22 heavy (non-hydrogen) atoms. The fraction of sp³-hybridized carbons (Fsp3) is 0.438. The van der Waals surface area contributed by atoms with Gasteiger partial charge in [0.2, 0.25) is 5.91 Å². The van der Waals surface area contributed by atoms with Crippen molar-refractivity contribution in [3.8, 4) is 0 Å². The van der Waals surface area contributed by atoms with Crippen LogP contribution in [0.15, 0.2) is 35.7 Å². The third-order valence-corrected chi connectivity index (χ3v) is 5.48. The number of amides is 1. The van der Waals surface area contributed by atoms with Gasteiger partial charge in [0.05, 0.1) is 5.75 Å². The van der Waals surface area contributed by atoms with Crippen molar-refractivity contribution >= 4 is 15.7 Å². The molecule has 2 aliphatic rings. The Morgan fingerprint density at radius 1 is 1.23 bits per heavy atom. The Hall–Kier alpha value is -1.69. The van der Waals surface area contributed by atoms with E-state index in [1.165, 1.54) is 17.5 Å². The van der Waals surface area contributed by atoms with Crippen molar-refractivity contribution in [3.05, 3.63) is 47.1 Å². The summed E-state index contributed by atoms with van der Waals surface area (Å²) in [6.07, 6.45) is 3.78. The summed E-state index contributed by atoms with van der Waals surface area (Å²) in [5.41, 5.74) is 0.885. The highest BCUT2D eigenvalue weighted by Crippen LogP contribution is 2.30. The summed E-state index contributed by atoms with van der Waals surface area (Å²) < 4.78 is 35.8. The van der Waals surface area contributed by atoms with Crippen LogP contribution < -0.4 is 0 Å². The van der Waals surface area contributed by atoms with Crippen molar-refractivity contribution in [1.29, 1.82) is 0 Å². The van der Waals surface area contributed by atoms with Gasteiger partial charge < -0.3 is 4.90 Å². The van der Waals surface area contributed by atoms with Crippen LogP contribution in [0.5, 0.6) is 0 Å². The van der Waals surface area contributed by atoms with Crippen molar-refractivity contribution in [2.45, 2.75) is 31.8 Å². The number of allylic oxidation sites excluding steroid dienone is 1. The molecule has 1 aromatic rings. The lowest BCUT2D eigenvalue weighted by Gasteiger charge is -2.23. The first kappa shape index (κ1) is 15.2. The van der Waals surface area contributed by atoms with Crippen LogP contribution in [0.1, 0.15) is 24.8 Å². The zero-order valence-electron chi connectivity index (χ0n) is 12.1. The molecule has 1 heterocycles. The molecule has 3 rings (SSSR count). The fourth-order valence-corrected chi connectivity index (χ4v) is 4.10. The van der Waals surface area contributed by atoms with Crippen LogP contribution in [0.3, 0.4) is 0 Å². The lowest BCUT2D eigenvalue weighted by Crippen LogP contribution is -2.34. The van der Waals surface area contributed by atoms with Gasteiger partial charge in [-0.05, 0) is 30.5 Å². The van der Waals surface area contributed by atoms with Crippen molar-refractivity contribution in [2.24, 2.45) is 5.92 Å². The molecular formula is C16H18FNO3S. The number of carbonyl (C=O) groups is 1. The smallest absolute Gasteiger partial charge is 0.223 e. The molecule has 1 unspecified atom stereocenters. The molecule has 0 saturated heterocycles. The summed E-state index contributed by atoms with van der Waals surface area (Å²) in [4.78, 5) is 14.3. The first-order valence-corrected chi connectivity index (χ1v) is 9.09. The molecule has 0 bridgehead atoms. The molecule has 118 valence electrons. The number of hydrogen-bond acceptors (Lipinski definition) is 3. The molecule has 4 nitrogen and oxygen atoms in total. The zero-order chi connectivity index (χ0) is 15.7. The standard InChI is InChI=1S/C16H18FNO3S/c17-14-3-1-12(2-4-14)10-18(15-5-6-15)16(19)9-13-7-8-22(20,21)11-13/h1-4,7-8,13,15H,5-6,9-11H2. The number of halogens is 1. The number of nitrogens with zero attached hydrogens (tertiary/aromatic N) is 1. The average molecular weight is 323 g/mol. The minimum atomic E-state index is -3.13. The molecule has 0 N–H and O–H groups in total. The van der Waals surface area contributed by atoms with Crippen LogP contribution in [0.4, 0.5) is 4.39 Å². The summed E-state index contributed by atoms with van der Waals surface area (Å²) >= 11 is 0. The maximum atomic E-state index is 13.0. The highest BCUT2D eigenvalue weighted by Gasteiger charge is 2.34. The van der Waals surface area contributed by atoms with E-state index in [1.54, 1.807) is 23.1 Å². The maximum Gasteiger partial charge on any atom is 0.223 e. The molecule has 1 saturated carbocycles. The van der Waals surface area contributed by atoms with Gasteiger partial charge in [-0.1, -0.05) is 18.2 Å². The number of benzene rings is 1. The average Bonchev–Trinajstić information content (AvgIpc) is 3.23. The molecule has 1 aromatic carbocycles. The Kier molecular flexibility index (Phi) is 4.04. The van der Waals surface area contributed by atoms with Crippen LogP contribution in [0.25, 0.3) is 0 Å². The molecule has 0 radical (unpaired) electrons. The van der Waals surface area contributed by atoms with Crippen LogP contribution in [0.2, 0.25) is 0 Å². The predicted molar refractivity (Wildman–Crippen MR) is 81.0 cm³/mol. The lowest BCUT2D eigenvalue weighted by atomic mass is 10.1. The second-order valence-corrected chi connectivity index (χ2v) is 7.93. The minimum Gasteiger partial charge on any atom is -0.335 e. The van der Waals surface area contributed by atoms with E-state index in [9.17, 15) is 17.6 Å². The van der Waals surface area contributed by atoms with Crippen LogP contribution >= 0.6 is 0 Å². The largest absolute Gasteiger partial charge is 0.335 e. The summed E-state index contributed by atoms with van der Waals surface area (Å²) in [6.45, 7) is 0.451. The monoisotopic (exact) mass is 323 g/mol. The van der Waals surface area contributed by atoms with Crippen molar-refractivity contribution < 1.29 is 17.6 Å². The summed E-state index contributed by atoms with van der Waals surface area (Å²) in [7, 11) is -3.13. The van der Waals surface area contributed by atoms with E-state index in [0.717, 1.165) is 18.4 Å². The van der Waals surface area contributed by atoms with Crippen LogP contribution in [-0.4, -0.2) is 31.0 Å². The molecule has 1 amide bonds. The van der Waals surface area contributed by atoms with E-state index in [0.29, 0.717) is 6.54 Å². The van der Waals surface area contributed by atoms with Gasteiger partial charge in [-0.25, -0.2) is 12.8 Å². The Morgan fingerprint density at radius 2 is 1.91 bits per heavy atom. The maximum absolute atomic E-state index is 13.0. The summed E-state index contributed by atoms with van der Waals surface area (Å²) in [5.74, 6) is -0.534. The van der Waals surface area contributed by atoms with E-state index in [2.05, 4.69) is 0 Å². The highest BCUT2D eigenvalue weighted by atomic mass is 32.2. The van der Waals surface area contributed by atoms with Crippen LogP contribution in [0, 0.1) is 11.7 Å². The Bertz CT molecular complexity index is 693. The molecule has 1 atom stereocenters. The predicted octanol–water partition coefficient (Wildman–Crippen LogP) is 2.27. The lowest BCUT2D eigenvalue weighted by molar-refractivity contribution is -0.133. The van der Waals surface area contributed by atoms with Crippen LogP contribution in [-0.2, 0) is 21.2 Å². The Labute approximate surface area is 129 Å². The quantitative estimate of drug-likeness (QED) is 0.835. The fourth-order valence-electron chi connectivity index (χ4n) is 2.70. The van der Waals surface area contributed by atoms with Gasteiger partial charge in [-0.3, -0.25) is 4.79 Å². The molecule has 1 aliphatic carbocycles. The Morgan fingerprint density at radius 3 is 2.45 bits per heavy atom. The van der Waals surface area contributed by atoms with E-state index in [-0.39, 0.29) is 35.9 Å². The van der Waals surface area contributed by atoms with Gasteiger partial charge >= 0.3 is 0 Å². The normalized spacial score (nSPS) is 22.7. The third kappa shape index (κ3) is 3.74. The molecule has 0 spiro atoms. The van der Waals surface area contributed by atoms with E-state index < -0.39 is 9.84 Å². The highest BCUT2D eigenvalue weighted by molar-refractivity contribution is 7.94. The SMILES string of the molecule is O=C(CC1C=CS(=O)(=O)C1)N(Cc1ccc(F)cc1)C1CC1. The number of hydrogen-bond donors (Lipinski definition) is 0. The first-order valence-electron chi connectivity index (χ1n) is 7.38. The topological polar surface area (TPSA) is 54.5 Å². The van der Waals surface area contributed by atoms with Gasteiger partial charge in [0.1, 0.15) is 5.82 Å². The zero-order valence-corrected chi connectivity index (χ0v) is 12.9. The molecule has 6 heteroatoms. The third-order valence-electron chi connectivity index (χ3n) is 4.02. The molecule has 1 fully saturated rings. The van der Waals surface area contributed by atoms with Gasteiger partial charge in [0.25, 0.3) is 0 Å². The Balaban J connectivity index is 1.65. The van der Waals surface area contributed by atoms with Gasteiger partial charge in [-0.15, -0.1) is 0 Å². The van der Waals surface area contributed by atoms with E-state index in [1.807, 2.05) is 0 Å². The summed E-state index contributed by atoms with van der Waals surface area (Å²) in [6, 6.07) is 6.36. The molecular weight excluding hydrogens is 305 g/mol. The number of sulfone groups is 1. The number of rotatable bonds is 5. The number of carbonyl (C=O) groups excluding carboxylic acids is 1. The van der Waals surface area contributed by atoms with E-state index >= 15 is 0 Å². The van der Waals surface area contributed by atoms with Crippen molar-refractivity contribution in [3.63, 3.8) is 0 Å². The first-order chi connectivity index (χ1) is 10.4. The van der Waals surface area contributed by atoms with Gasteiger partial charge in [0.15, 0.2) is 9.84 Å². The summed E-state index contributed by atoms with van der Waals surface area (Å²) in [5, 5.41) is 1.20. The second-order valence-electron chi connectivity index (χ2n) is 6.00. The van der Waals surface area contributed by atoms with E-state index in [4.69, 9.17) is 0 Å². The van der Waals surface area contributed by atoms with Gasteiger partial charge in [0, 0.05) is 30.3 Å². The molecule has 0 aromatic heterocycles.